The van der Waals surface area contributed by atoms with Crippen molar-refractivity contribution in [2.45, 2.75) is 26.2 Å². The van der Waals surface area contributed by atoms with E-state index in [0.717, 1.165) is 37.4 Å². The molecule has 0 atom stereocenters. The smallest absolute Gasteiger partial charge is 0.350 e. The summed E-state index contributed by atoms with van der Waals surface area (Å²) in [5, 5.41) is 4.18. The lowest BCUT2D eigenvalue weighted by atomic mass is 10.2. The highest BCUT2D eigenvalue weighted by molar-refractivity contribution is 7.18. The number of anilines is 2. The second kappa shape index (κ2) is 8.77. The van der Waals surface area contributed by atoms with Crippen LogP contribution >= 0.6 is 11.3 Å². The molecule has 1 aromatic rings. The van der Waals surface area contributed by atoms with E-state index in [1.807, 2.05) is 0 Å². The van der Waals surface area contributed by atoms with Crippen LogP contribution in [0, 0.1) is 0 Å². The Kier molecular flexibility index (Phi) is 7.28. The fourth-order valence-electron chi connectivity index (χ4n) is 1.61. The highest BCUT2D eigenvalue weighted by Crippen LogP contribution is 2.29. The molecule has 0 bridgehead atoms. The first-order valence-corrected chi connectivity index (χ1v) is 7.30. The molecule has 5 nitrogen and oxygen atoms in total. The number of nitrogens with one attached hydrogen (secondary N) is 1. The fraction of sp³-hybridized carbons (Fsp3) is 0.615. The molecular weight excluding hydrogens is 264 g/mol. The van der Waals surface area contributed by atoms with Gasteiger partial charge in [0.15, 0.2) is 0 Å². The van der Waals surface area contributed by atoms with Crippen LogP contribution in [0.3, 0.4) is 0 Å². The number of thiophene rings is 1. The first kappa shape index (κ1) is 15.8. The molecule has 1 aromatic heterocycles. The second-order valence-corrected chi connectivity index (χ2v) is 5.15. The van der Waals surface area contributed by atoms with Gasteiger partial charge in [-0.2, -0.15) is 0 Å². The summed E-state index contributed by atoms with van der Waals surface area (Å²) in [6.45, 7) is 3.81. The van der Waals surface area contributed by atoms with Crippen LogP contribution in [0.2, 0.25) is 0 Å². The molecule has 0 aromatic carbocycles. The van der Waals surface area contributed by atoms with Crippen LogP contribution in [0.4, 0.5) is 10.7 Å². The van der Waals surface area contributed by atoms with Crippen molar-refractivity contribution in [3.05, 3.63) is 10.9 Å². The second-order valence-electron chi connectivity index (χ2n) is 4.10. The maximum atomic E-state index is 11.6. The summed E-state index contributed by atoms with van der Waals surface area (Å²) in [5.74, 6) is -0.349. The first-order valence-electron chi connectivity index (χ1n) is 6.48. The molecule has 1 heterocycles. The Labute approximate surface area is 118 Å². The van der Waals surface area contributed by atoms with Gasteiger partial charge < -0.3 is 20.5 Å². The van der Waals surface area contributed by atoms with Gasteiger partial charge in [-0.15, -0.1) is 11.3 Å². The lowest BCUT2D eigenvalue weighted by Gasteiger charge is -2.03. The maximum absolute atomic E-state index is 11.6. The van der Waals surface area contributed by atoms with Crippen molar-refractivity contribution in [3.8, 4) is 0 Å². The summed E-state index contributed by atoms with van der Waals surface area (Å²) in [6, 6.07) is 1.78. The summed E-state index contributed by atoms with van der Waals surface area (Å²) in [6.07, 6.45) is 3.25. The van der Waals surface area contributed by atoms with Gasteiger partial charge in [0.1, 0.15) is 4.88 Å². The molecule has 0 saturated carbocycles. The van der Waals surface area contributed by atoms with E-state index in [2.05, 4.69) is 5.32 Å². The van der Waals surface area contributed by atoms with Gasteiger partial charge in [-0.1, -0.05) is 0 Å². The highest BCUT2D eigenvalue weighted by Gasteiger charge is 2.15. The summed E-state index contributed by atoms with van der Waals surface area (Å²) >= 11 is 1.34. The summed E-state index contributed by atoms with van der Waals surface area (Å²) in [4.78, 5) is 12.1. The molecular formula is C13H22N2O3S. The molecule has 3 N–H and O–H groups in total. The third kappa shape index (κ3) is 5.48. The molecule has 0 unspecified atom stereocenters. The van der Waals surface area contributed by atoms with Crippen molar-refractivity contribution < 1.29 is 14.3 Å². The Morgan fingerprint density at radius 1 is 1.42 bits per heavy atom. The monoisotopic (exact) mass is 286 g/mol. The number of carbonyl (C=O) groups excluding carboxylic acids is 1. The molecule has 19 heavy (non-hydrogen) atoms. The molecule has 108 valence electrons. The lowest BCUT2D eigenvalue weighted by molar-refractivity contribution is 0.0533. The van der Waals surface area contributed by atoms with Gasteiger partial charge in [0.05, 0.1) is 17.3 Å². The van der Waals surface area contributed by atoms with Gasteiger partial charge >= 0.3 is 5.97 Å². The average molecular weight is 286 g/mol. The van der Waals surface area contributed by atoms with Gasteiger partial charge in [-0.25, -0.2) is 4.79 Å². The van der Waals surface area contributed by atoms with Crippen molar-refractivity contribution >= 4 is 28.0 Å². The van der Waals surface area contributed by atoms with Crippen LogP contribution in [0.25, 0.3) is 0 Å². The van der Waals surface area contributed by atoms with E-state index in [4.69, 9.17) is 15.2 Å². The molecule has 0 spiro atoms. The van der Waals surface area contributed by atoms with Crippen LogP contribution in [0.15, 0.2) is 6.07 Å². The van der Waals surface area contributed by atoms with E-state index in [1.54, 1.807) is 20.1 Å². The topological polar surface area (TPSA) is 73.6 Å². The summed E-state index contributed by atoms with van der Waals surface area (Å²) in [7, 11) is 1.71. The predicted octanol–water partition coefficient (Wildman–Crippen LogP) is 2.74. The summed E-state index contributed by atoms with van der Waals surface area (Å²) < 4.78 is 9.93. The zero-order chi connectivity index (χ0) is 14.1. The van der Waals surface area contributed by atoms with Crippen LogP contribution in [0.1, 0.15) is 35.9 Å². The molecule has 0 fully saturated rings. The SMILES string of the molecule is CCOC(=O)c1sc(NCCCCCOC)cc1N. The number of methoxy groups -OCH3 is 1. The number of esters is 1. The Balaban J connectivity index is 2.35. The number of unbranched alkanes of at least 4 members (excludes halogenated alkanes) is 2. The van der Waals surface area contributed by atoms with Crippen LogP contribution in [-0.4, -0.2) is 32.8 Å². The van der Waals surface area contributed by atoms with Crippen LogP contribution in [0.5, 0.6) is 0 Å². The molecule has 0 saturated heterocycles. The molecule has 0 aliphatic heterocycles. The van der Waals surface area contributed by atoms with Gasteiger partial charge in [-0.3, -0.25) is 0 Å². The average Bonchev–Trinajstić information content (AvgIpc) is 2.75. The Morgan fingerprint density at radius 3 is 2.89 bits per heavy atom. The first-order chi connectivity index (χ1) is 9.19. The van der Waals surface area contributed by atoms with E-state index in [0.29, 0.717) is 17.2 Å². The fourth-order valence-corrected chi connectivity index (χ4v) is 2.51. The third-order valence-corrected chi connectivity index (χ3v) is 3.63. The molecule has 0 amide bonds. The largest absolute Gasteiger partial charge is 0.462 e. The van der Waals surface area contributed by atoms with Gasteiger partial charge in [0.2, 0.25) is 0 Å². The Hall–Kier alpha value is -1.27. The predicted molar refractivity (Wildman–Crippen MR) is 78.9 cm³/mol. The molecule has 0 aliphatic rings. The van der Waals surface area contributed by atoms with Crippen LogP contribution < -0.4 is 11.1 Å². The van der Waals surface area contributed by atoms with E-state index >= 15 is 0 Å². The maximum Gasteiger partial charge on any atom is 0.350 e. The van der Waals surface area contributed by atoms with E-state index in [9.17, 15) is 4.79 Å². The van der Waals surface area contributed by atoms with Crippen molar-refractivity contribution in [2.75, 3.05) is 37.9 Å². The minimum atomic E-state index is -0.349. The number of hydrogen-bond acceptors (Lipinski definition) is 6. The van der Waals surface area contributed by atoms with Gasteiger partial charge in [0, 0.05) is 20.3 Å². The zero-order valence-corrected chi connectivity index (χ0v) is 12.3. The van der Waals surface area contributed by atoms with Gasteiger partial charge in [0.25, 0.3) is 0 Å². The van der Waals surface area contributed by atoms with E-state index in [1.165, 1.54) is 11.3 Å². The Bertz CT molecular complexity index is 393. The number of carbonyl (C=O) groups is 1. The van der Waals surface area contributed by atoms with Crippen molar-refractivity contribution in [1.82, 2.24) is 0 Å². The number of nitrogens with two attached hydrogens (primary N) is 1. The number of hydrogen-bond donors (Lipinski definition) is 2. The summed E-state index contributed by atoms with van der Waals surface area (Å²) in [5.41, 5.74) is 6.27. The van der Waals surface area contributed by atoms with E-state index in [-0.39, 0.29) is 5.97 Å². The van der Waals surface area contributed by atoms with Crippen molar-refractivity contribution in [1.29, 1.82) is 0 Å². The Morgan fingerprint density at radius 2 is 2.21 bits per heavy atom. The molecule has 1 rings (SSSR count). The third-order valence-electron chi connectivity index (χ3n) is 2.55. The normalized spacial score (nSPS) is 10.4. The number of rotatable bonds is 9. The van der Waals surface area contributed by atoms with E-state index < -0.39 is 0 Å². The number of ether oxygens (including phenoxy) is 2. The quantitative estimate of drug-likeness (QED) is 0.539. The minimum Gasteiger partial charge on any atom is -0.462 e. The van der Waals surface area contributed by atoms with Gasteiger partial charge in [-0.05, 0) is 32.3 Å². The van der Waals surface area contributed by atoms with Crippen molar-refractivity contribution in [2.24, 2.45) is 0 Å². The standard InChI is InChI=1S/C13H22N2O3S/c1-3-18-13(16)12-10(14)9-11(19-12)15-7-5-4-6-8-17-2/h9,15H,3-8,14H2,1-2H3. The van der Waals surface area contributed by atoms with Crippen molar-refractivity contribution in [3.63, 3.8) is 0 Å². The molecule has 0 aliphatic carbocycles. The number of nitrogen functional groups attached to an aromatic ring is 1. The minimum absolute atomic E-state index is 0.349. The lowest BCUT2D eigenvalue weighted by Crippen LogP contribution is -2.04. The molecule has 0 radical (unpaired) electrons. The van der Waals surface area contributed by atoms with Crippen LogP contribution in [-0.2, 0) is 9.47 Å². The highest BCUT2D eigenvalue weighted by atomic mass is 32.1. The zero-order valence-electron chi connectivity index (χ0n) is 11.5. The molecule has 6 heteroatoms.